The molecule has 1 saturated heterocycles. The minimum Gasteiger partial charge on any atom is -0.496 e. The fourth-order valence-electron chi connectivity index (χ4n) is 1.66. The molecule has 2 atom stereocenters. The fourth-order valence-corrected chi connectivity index (χ4v) is 1.66. The van der Waals surface area contributed by atoms with Crippen LogP contribution in [0.3, 0.4) is 0 Å². The SMILES string of the molecule is C=C1OCC[C@@](C)(OC)C1OCCC=N. The Balaban J connectivity index is 2.60. The topological polar surface area (TPSA) is 51.5 Å². The first-order chi connectivity index (χ1) is 7.14. The van der Waals surface area contributed by atoms with Crippen molar-refractivity contribution in [3.63, 3.8) is 0 Å². The molecule has 4 nitrogen and oxygen atoms in total. The Labute approximate surface area is 90.7 Å². The Morgan fingerprint density at radius 1 is 1.73 bits per heavy atom. The molecular weight excluding hydrogens is 194 g/mol. The second kappa shape index (κ2) is 5.28. The molecule has 4 heteroatoms. The van der Waals surface area contributed by atoms with Crippen LogP contribution in [0.1, 0.15) is 19.8 Å². The highest BCUT2D eigenvalue weighted by Gasteiger charge is 2.41. The first kappa shape index (κ1) is 12.2. The minimum atomic E-state index is -0.364. The van der Waals surface area contributed by atoms with E-state index in [4.69, 9.17) is 19.6 Å². The lowest BCUT2D eigenvalue weighted by molar-refractivity contribution is -0.152. The van der Waals surface area contributed by atoms with Gasteiger partial charge < -0.3 is 19.6 Å². The Morgan fingerprint density at radius 2 is 2.47 bits per heavy atom. The van der Waals surface area contributed by atoms with Crippen molar-refractivity contribution < 1.29 is 14.2 Å². The quantitative estimate of drug-likeness (QED) is 0.559. The fraction of sp³-hybridized carbons (Fsp3) is 0.727. The first-order valence-corrected chi connectivity index (χ1v) is 5.11. The van der Waals surface area contributed by atoms with Crippen molar-refractivity contribution in [2.45, 2.75) is 31.5 Å². The predicted octanol–water partition coefficient (Wildman–Crippen LogP) is 1.75. The van der Waals surface area contributed by atoms with Gasteiger partial charge in [-0.25, -0.2) is 0 Å². The van der Waals surface area contributed by atoms with Gasteiger partial charge in [-0.15, -0.1) is 0 Å². The van der Waals surface area contributed by atoms with Crippen LogP contribution in [0.15, 0.2) is 12.3 Å². The molecule has 1 rings (SSSR count). The van der Waals surface area contributed by atoms with Gasteiger partial charge in [0.05, 0.1) is 13.2 Å². The highest BCUT2D eigenvalue weighted by molar-refractivity contribution is 5.52. The van der Waals surface area contributed by atoms with E-state index in [1.807, 2.05) is 6.92 Å². The normalized spacial score (nSPS) is 31.1. The number of hydrogen-bond acceptors (Lipinski definition) is 4. The van der Waals surface area contributed by atoms with Gasteiger partial charge in [-0.1, -0.05) is 6.58 Å². The third-order valence-electron chi connectivity index (χ3n) is 2.75. The van der Waals surface area contributed by atoms with Gasteiger partial charge in [-0.3, -0.25) is 0 Å². The summed E-state index contributed by atoms with van der Waals surface area (Å²) < 4.78 is 16.5. The molecule has 1 unspecified atom stereocenters. The van der Waals surface area contributed by atoms with Crippen LogP contribution in [0.2, 0.25) is 0 Å². The first-order valence-electron chi connectivity index (χ1n) is 5.11. The van der Waals surface area contributed by atoms with E-state index in [9.17, 15) is 0 Å². The van der Waals surface area contributed by atoms with Crippen molar-refractivity contribution in [3.8, 4) is 0 Å². The van der Waals surface area contributed by atoms with Crippen LogP contribution >= 0.6 is 0 Å². The number of ether oxygens (including phenoxy) is 3. The van der Waals surface area contributed by atoms with E-state index >= 15 is 0 Å². The van der Waals surface area contributed by atoms with E-state index in [0.717, 1.165) is 6.42 Å². The van der Waals surface area contributed by atoms with Gasteiger partial charge in [-0.2, -0.15) is 0 Å². The lowest BCUT2D eigenvalue weighted by Gasteiger charge is -2.40. The van der Waals surface area contributed by atoms with Crippen LogP contribution < -0.4 is 0 Å². The molecule has 15 heavy (non-hydrogen) atoms. The van der Waals surface area contributed by atoms with Crippen LogP contribution in [-0.2, 0) is 14.2 Å². The maximum Gasteiger partial charge on any atom is 0.142 e. The van der Waals surface area contributed by atoms with Crippen LogP contribution in [0.25, 0.3) is 0 Å². The zero-order chi connectivity index (χ0) is 11.3. The van der Waals surface area contributed by atoms with Crippen molar-refractivity contribution in [1.82, 2.24) is 0 Å². The van der Waals surface area contributed by atoms with Gasteiger partial charge in [0.15, 0.2) is 0 Å². The van der Waals surface area contributed by atoms with Crippen molar-refractivity contribution >= 4 is 6.21 Å². The Hall–Kier alpha value is -0.870. The molecule has 1 heterocycles. The summed E-state index contributed by atoms with van der Waals surface area (Å²) in [6, 6.07) is 0. The summed E-state index contributed by atoms with van der Waals surface area (Å²) in [7, 11) is 1.67. The number of nitrogens with one attached hydrogen (secondary N) is 1. The summed E-state index contributed by atoms with van der Waals surface area (Å²) in [6.07, 6.45) is 2.48. The molecule has 0 aliphatic carbocycles. The maximum atomic E-state index is 6.92. The molecular formula is C11H19NO3. The standard InChI is InChI=1S/C11H19NO3/c1-9-10(15-7-4-6-12)11(2,13-3)5-8-14-9/h6,10,12H,1,4-5,7-8H2,2-3H3/t10?,11-/m1/s1. The summed E-state index contributed by atoms with van der Waals surface area (Å²) in [4.78, 5) is 0. The second-order valence-corrected chi connectivity index (χ2v) is 3.83. The molecule has 0 saturated carbocycles. The van der Waals surface area contributed by atoms with E-state index in [1.165, 1.54) is 6.21 Å². The summed E-state index contributed by atoms with van der Waals surface area (Å²) >= 11 is 0. The molecule has 0 spiro atoms. The Bertz CT molecular complexity index is 242. The monoisotopic (exact) mass is 213 g/mol. The minimum absolute atomic E-state index is 0.240. The van der Waals surface area contributed by atoms with Crippen molar-refractivity contribution in [1.29, 1.82) is 5.41 Å². The molecule has 1 aliphatic rings. The van der Waals surface area contributed by atoms with E-state index in [0.29, 0.717) is 25.4 Å². The van der Waals surface area contributed by atoms with E-state index in [1.54, 1.807) is 7.11 Å². The third kappa shape index (κ3) is 2.79. The van der Waals surface area contributed by atoms with Gasteiger partial charge >= 0.3 is 0 Å². The smallest absolute Gasteiger partial charge is 0.142 e. The highest BCUT2D eigenvalue weighted by Crippen LogP contribution is 2.31. The van der Waals surface area contributed by atoms with Gasteiger partial charge in [0.1, 0.15) is 17.5 Å². The lowest BCUT2D eigenvalue weighted by Crippen LogP contribution is -2.48. The molecule has 0 radical (unpaired) electrons. The third-order valence-corrected chi connectivity index (χ3v) is 2.75. The van der Waals surface area contributed by atoms with Gasteiger partial charge in [0.25, 0.3) is 0 Å². The molecule has 1 fully saturated rings. The zero-order valence-electron chi connectivity index (χ0n) is 9.41. The van der Waals surface area contributed by atoms with Gasteiger partial charge in [0, 0.05) is 20.0 Å². The number of rotatable bonds is 5. The summed E-state index contributed by atoms with van der Waals surface area (Å²) in [5.74, 6) is 0.621. The number of hydrogen-bond donors (Lipinski definition) is 1. The lowest BCUT2D eigenvalue weighted by atomic mass is 9.91. The second-order valence-electron chi connectivity index (χ2n) is 3.83. The average molecular weight is 213 g/mol. The average Bonchev–Trinajstić information content (AvgIpc) is 2.23. The van der Waals surface area contributed by atoms with Crippen LogP contribution in [-0.4, -0.2) is 38.2 Å². The van der Waals surface area contributed by atoms with Crippen molar-refractivity contribution in [2.24, 2.45) is 0 Å². The van der Waals surface area contributed by atoms with Gasteiger partial charge in [-0.05, 0) is 13.1 Å². The molecule has 0 bridgehead atoms. The molecule has 0 aromatic rings. The summed E-state index contributed by atoms with van der Waals surface area (Å²) in [5.41, 5.74) is -0.364. The maximum absolute atomic E-state index is 6.92. The molecule has 0 aromatic carbocycles. The Morgan fingerprint density at radius 3 is 3.07 bits per heavy atom. The van der Waals surface area contributed by atoms with Crippen molar-refractivity contribution in [2.75, 3.05) is 20.3 Å². The highest BCUT2D eigenvalue weighted by atomic mass is 16.6. The molecule has 0 amide bonds. The van der Waals surface area contributed by atoms with Gasteiger partial charge in [0.2, 0.25) is 0 Å². The predicted molar refractivity (Wildman–Crippen MR) is 58.3 cm³/mol. The molecule has 1 aliphatic heterocycles. The molecule has 0 aromatic heterocycles. The summed E-state index contributed by atoms with van der Waals surface area (Å²) in [6.45, 7) is 6.94. The van der Waals surface area contributed by atoms with E-state index in [-0.39, 0.29) is 11.7 Å². The van der Waals surface area contributed by atoms with E-state index in [2.05, 4.69) is 6.58 Å². The zero-order valence-corrected chi connectivity index (χ0v) is 9.41. The largest absolute Gasteiger partial charge is 0.496 e. The molecule has 1 N–H and O–H groups in total. The summed E-state index contributed by atoms with van der Waals surface area (Å²) in [5, 5.41) is 6.92. The van der Waals surface area contributed by atoms with Crippen molar-refractivity contribution in [3.05, 3.63) is 12.3 Å². The van der Waals surface area contributed by atoms with Crippen LogP contribution in [0.5, 0.6) is 0 Å². The number of methoxy groups -OCH3 is 1. The Kier molecular flexibility index (Phi) is 4.29. The van der Waals surface area contributed by atoms with Crippen LogP contribution in [0, 0.1) is 5.41 Å². The van der Waals surface area contributed by atoms with E-state index < -0.39 is 0 Å². The van der Waals surface area contributed by atoms with Crippen LogP contribution in [0.4, 0.5) is 0 Å². The molecule has 86 valence electrons.